The van der Waals surface area contributed by atoms with E-state index in [0.29, 0.717) is 12.2 Å². The molecule has 2 aromatic carbocycles. The van der Waals surface area contributed by atoms with Crippen LogP contribution in [0.2, 0.25) is 0 Å². The van der Waals surface area contributed by atoms with Crippen LogP contribution in [0.4, 0.5) is 0 Å². The van der Waals surface area contributed by atoms with Crippen LogP contribution in [0.15, 0.2) is 36.4 Å². The molecular weight excluding hydrogens is 228 g/mol. The zero-order valence-electron chi connectivity index (χ0n) is 10.6. The second kappa shape index (κ2) is 5.54. The quantitative estimate of drug-likeness (QED) is 0.773. The number of carbonyl (C=O) groups excluding carboxylic acids is 1. The minimum Gasteiger partial charge on any atom is -0.493 e. The average Bonchev–Trinajstić information content (AvgIpc) is 2.43. The fourth-order valence-corrected chi connectivity index (χ4v) is 1.90. The molecule has 0 aromatic heterocycles. The Morgan fingerprint density at radius 2 is 1.83 bits per heavy atom. The zero-order chi connectivity index (χ0) is 13.0. The SMILES string of the molecule is CCCOc1ccc(C(=O)OC)c2ccccc12. The van der Waals surface area contributed by atoms with Crippen molar-refractivity contribution < 1.29 is 14.3 Å². The van der Waals surface area contributed by atoms with Gasteiger partial charge in [0.1, 0.15) is 5.75 Å². The van der Waals surface area contributed by atoms with Crippen molar-refractivity contribution in [1.29, 1.82) is 0 Å². The van der Waals surface area contributed by atoms with Gasteiger partial charge in [-0.3, -0.25) is 0 Å². The Bertz CT molecular complexity index is 561. The third kappa shape index (κ3) is 2.30. The number of esters is 1. The number of hydrogen-bond donors (Lipinski definition) is 0. The zero-order valence-corrected chi connectivity index (χ0v) is 10.6. The van der Waals surface area contributed by atoms with Crippen molar-refractivity contribution in [3.8, 4) is 5.75 Å². The van der Waals surface area contributed by atoms with Crippen LogP contribution >= 0.6 is 0 Å². The highest BCUT2D eigenvalue weighted by Crippen LogP contribution is 2.29. The average molecular weight is 244 g/mol. The summed E-state index contributed by atoms with van der Waals surface area (Å²) in [6.07, 6.45) is 0.951. The highest BCUT2D eigenvalue weighted by molar-refractivity contribution is 6.06. The van der Waals surface area contributed by atoms with Crippen LogP contribution in [0.5, 0.6) is 5.75 Å². The van der Waals surface area contributed by atoms with Crippen molar-refractivity contribution >= 4 is 16.7 Å². The van der Waals surface area contributed by atoms with Crippen molar-refractivity contribution in [2.75, 3.05) is 13.7 Å². The van der Waals surface area contributed by atoms with Crippen LogP contribution in [0.1, 0.15) is 23.7 Å². The first-order chi connectivity index (χ1) is 8.77. The Labute approximate surface area is 106 Å². The molecule has 0 unspecified atom stereocenters. The number of ether oxygens (including phenoxy) is 2. The third-order valence-corrected chi connectivity index (χ3v) is 2.75. The number of fused-ring (bicyclic) bond motifs is 1. The van der Waals surface area contributed by atoms with Crippen molar-refractivity contribution in [2.45, 2.75) is 13.3 Å². The predicted octanol–water partition coefficient (Wildman–Crippen LogP) is 3.42. The molecule has 0 bridgehead atoms. The molecule has 0 saturated heterocycles. The summed E-state index contributed by atoms with van der Waals surface area (Å²) in [6, 6.07) is 11.3. The molecule has 2 aromatic rings. The van der Waals surface area contributed by atoms with Crippen LogP contribution in [0, 0.1) is 0 Å². The lowest BCUT2D eigenvalue weighted by molar-refractivity contribution is 0.0603. The lowest BCUT2D eigenvalue weighted by atomic mass is 10.0. The summed E-state index contributed by atoms with van der Waals surface area (Å²) in [5, 5.41) is 1.80. The number of methoxy groups -OCH3 is 1. The van der Waals surface area contributed by atoms with Gasteiger partial charge >= 0.3 is 5.97 Å². The standard InChI is InChI=1S/C15H16O3/c1-3-10-18-14-9-8-13(15(16)17-2)11-6-4-5-7-12(11)14/h4-9H,3,10H2,1-2H3. The molecule has 0 aliphatic heterocycles. The van der Waals surface area contributed by atoms with Crippen molar-refractivity contribution in [1.82, 2.24) is 0 Å². The van der Waals surface area contributed by atoms with Gasteiger partial charge in [-0.05, 0) is 23.9 Å². The Morgan fingerprint density at radius 3 is 2.50 bits per heavy atom. The second-order valence-corrected chi connectivity index (χ2v) is 4.00. The largest absolute Gasteiger partial charge is 0.493 e. The fourth-order valence-electron chi connectivity index (χ4n) is 1.90. The van der Waals surface area contributed by atoms with Crippen LogP contribution in [-0.2, 0) is 4.74 Å². The summed E-state index contributed by atoms with van der Waals surface area (Å²) in [5.41, 5.74) is 0.567. The predicted molar refractivity (Wildman–Crippen MR) is 71.1 cm³/mol. The Morgan fingerprint density at radius 1 is 1.11 bits per heavy atom. The minimum atomic E-state index is -0.326. The summed E-state index contributed by atoms with van der Waals surface area (Å²) in [7, 11) is 1.39. The van der Waals surface area contributed by atoms with Gasteiger partial charge in [0.05, 0.1) is 19.3 Å². The number of rotatable bonds is 4. The maximum Gasteiger partial charge on any atom is 0.338 e. The van der Waals surface area contributed by atoms with Crippen molar-refractivity contribution in [2.24, 2.45) is 0 Å². The molecule has 94 valence electrons. The molecule has 0 aliphatic rings. The van der Waals surface area contributed by atoms with E-state index in [1.807, 2.05) is 30.3 Å². The van der Waals surface area contributed by atoms with E-state index in [4.69, 9.17) is 9.47 Å². The molecule has 2 rings (SSSR count). The molecule has 18 heavy (non-hydrogen) atoms. The maximum atomic E-state index is 11.7. The van der Waals surface area contributed by atoms with E-state index >= 15 is 0 Å². The lowest BCUT2D eigenvalue weighted by Gasteiger charge is -2.11. The van der Waals surface area contributed by atoms with Gasteiger partial charge in [-0.25, -0.2) is 4.79 Å². The van der Waals surface area contributed by atoms with E-state index in [9.17, 15) is 4.79 Å². The first kappa shape index (κ1) is 12.4. The fraction of sp³-hybridized carbons (Fsp3) is 0.267. The molecule has 3 nitrogen and oxygen atoms in total. The first-order valence-corrected chi connectivity index (χ1v) is 6.00. The topological polar surface area (TPSA) is 35.5 Å². The number of hydrogen-bond acceptors (Lipinski definition) is 3. The van der Waals surface area contributed by atoms with Crippen molar-refractivity contribution in [3.05, 3.63) is 42.0 Å². The van der Waals surface area contributed by atoms with Gasteiger partial charge in [0.25, 0.3) is 0 Å². The Hall–Kier alpha value is -2.03. The van der Waals surface area contributed by atoms with Gasteiger partial charge in [0.2, 0.25) is 0 Å². The highest BCUT2D eigenvalue weighted by atomic mass is 16.5. The van der Waals surface area contributed by atoms with Crippen LogP contribution < -0.4 is 4.74 Å². The van der Waals surface area contributed by atoms with Gasteiger partial charge in [-0.15, -0.1) is 0 Å². The molecule has 3 heteroatoms. The second-order valence-electron chi connectivity index (χ2n) is 4.00. The minimum absolute atomic E-state index is 0.326. The Kier molecular flexibility index (Phi) is 3.82. The van der Waals surface area contributed by atoms with Crippen LogP contribution in [0.25, 0.3) is 10.8 Å². The van der Waals surface area contributed by atoms with Crippen LogP contribution in [-0.4, -0.2) is 19.7 Å². The van der Waals surface area contributed by atoms with E-state index in [2.05, 4.69) is 6.92 Å². The Balaban J connectivity index is 2.55. The molecule has 0 amide bonds. The molecule has 0 radical (unpaired) electrons. The van der Waals surface area contributed by atoms with E-state index in [1.54, 1.807) is 6.07 Å². The summed E-state index contributed by atoms with van der Waals surface area (Å²) in [4.78, 5) is 11.7. The summed E-state index contributed by atoms with van der Waals surface area (Å²) < 4.78 is 10.5. The van der Waals surface area contributed by atoms with Gasteiger partial charge in [-0.1, -0.05) is 31.2 Å². The lowest BCUT2D eigenvalue weighted by Crippen LogP contribution is -2.03. The van der Waals surface area contributed by atoms with Gasteiger partial charge in [0, 0.05) is 5.39 Å². The van der Waals surface area contributed by atoms with E-state index in [-0.39, 0.29) is 5.97 Å². The summed E-state index contributed by atoms with van der Waals surface area (Å²) in [5.74, 6) is 0.480. The molecule has 0 N–H and O–H groups in total. The third-order valence-electron chi connectivity index (χ3n) is 2.75. The maximum absolute atomic E-state index is 11.7. The van der Waals surface area contributed by atoms with Crippen LogP contribution in [0.3, 0.4) is 0 Å². The number of benzene rings is 2. The van der Waals surface area contributed by atoms with Gasteiger partial charge < -0.3 is 9.47 Å². The molecule has 0 atom stereocenters. The van der Waals surface area contributed by atoms with E-state index < -0.39 is 0 Å². The first-order valence-electron chi connectivity index (χ1n) is 6.00. The van der Waals surface area contributed by atoms with E-state index in [0.717, 1.165) is 22.9 Å². The van der Waals surface area contributed by atoms with Gasteiger partial charge in [0.15, 0.2) is 0 Å². The highest BCUT2D eigenvalue weighted by Gasteiger charge is 2.12. The van der Waals surface area contributed by atoms with Crippen molar-refractivity contribution in [3.63, 3.8) is 0 Å². The van der Waals surface area contributed by atoms with Gasteiger partial charge in [-0.2, -0.15) is 0 Å². The van der Waals surface area contributed by atoms with E-state index in [1.165, 1.54) is 7.11 Å². The smallest absolute Gasteiger partial charge is 0.338 e. The molecule has 0 aliphatic carbocycles. The molecule has 0 fully saturated rings. The molecular formula is C15H16O3. The summed E-state index contributed by atoms with van der Waals surface area (Å²) >= 11 is 0. The molecule has 0 heterocycles. The summed E-state index contributed by atoms with van der Waals surface area (Å²) in [6.45, 7) is 2.73. The normalized spacial score (nSPS) is 10.3. The molecule has 0 spiro atoms. The molecule has 0 saturated carbocycles. The number of carbonyl (C=O) groups is 1. The monoisotopic (exact) mass is 244 g/mol.